The van der Waals surface area contributed by atoms with Gasteiger partial charge in [0.2, 0.25) is 5.91 Å². The summed E-state index contributed by atoms with van der Waals surface area (Å²) in [7, 11) is 1.73. The van der Waals surface area contributed by atoms with Crippen LogP contribution < -0.4 is 11.1 Å². The topological polar surface area (TPSA) is 135 Å². The zero-order valence-corrected chi connectivity index (χ0v) is 26.9. The molecule has 0 aliphatic carbocycles. The Kier molecular flexibility index (Phi) is 9.54. The second-order valence-corrected chi connectivity index (χ2v) is 15.8. The number of carbonyl (C=O) groups is 1. The highest BCUT2D eigenvalue weighted by atomic mass is 16.5. The van der Waals surface area contributed by atoms with Crippen molar-refractivity contribution in [3.05, 3.63) is 0 Å². The summed E-state index contributed by atoms with van der Waals surface area (Å²) in [6.07, 6.45) is 6.70. The molecule has 0 spiro atoms. The number of hydroxylamine groups is 6. The van der Waals surface area contributed by atoms with E-state index in [9.17, 15) is 20.4 Å². The van der Waals surface area contributed by atoms with Crippen molar-refractivity contribution in [1.82, 2.24) is 20.5 Å². The molecule has 1 amide bonds. The lowest BCUT2D eigenvalue weighted by atomic mass is 9.69. The number of nitrogens with two attached hydrogens (primary N) is 1. The van der Waals surface area contributed by atoms with Crippen LogP contribution in [-0.4, -0.2) is 95.2 Å². The summed E-state index contributed by atoms with van der Waals surface area (Å²) in [5, 5.41) is 41.9. The van der Waals surface area contributed by atoms with Gasteiger partial charge in [0.25, 0.3) is 0 Å². The van der Waals surface area contributed by atoms with Crippen molar-refractivity contribution in [2.75, 3.05) is 7.11 Å². The Labute approximate surface area is 242 Å². The van der Waals surface area contributed by atoms with Crippen molar-refractivity contribution in [3.8, 4) is 0 Å². The highest BCUT2D eigenvalue weighted by Gasteiger charge is 2.54. The summed E-state index contributed by atoms with van der Waals surface area (Å²) >= 11 is 0. The first kappa shape index (κ1) is 33.6. The van der Waals surface area contributed by atoms with Crippen LogP contribution in [0.2, 0.25) is 0 Å². The second-order valence-electron chi connectivity index (χ2n) is 15.8. The maximum Gasteiger partial charge on any atom is 0.217 e. The number of hydrogen-bond donors (Lipinski definition) is 5. The zero-order valence-electron chi connectivity index (χ0n) is 26.9. The Hall–Kier alpha value is -0.850. The monoisotopic (exact) mass is 569 g/mol. The van der Waals surface area contributed by atoms with Gasteiger partial charge < -0.3 is 31.4 Å². The fourth-order valence-corrected chi connectivity index (χ4v) is 8.62. The van der Waals surface area contributed by atoms with Gasteiger partial charge in [-0.05, 0) is 120 Å². The second kappa shape index (κ2) is 11.3. The molecule has 10 nitrogen and oxygen atoms in total. The molecule has 0 aromatic rings. The third-order valence-electron chi connectivity index (χ3n) is 10.6. The van der Waals surface area contributed by atoms with E-state index in [0.717, 1.165) is 6.42 Å². The molecule has 0 radical (unpaired) electrons. The lowest BCUT2D eigenvalue weighted by Gasteiger charge is -2.58. The van der Waals surface area contributed by atoms with Crippen LogP contribution in [0.1, 0.15) is 127 Å². The molecule has 3 fully saturated rings. The van der Waals surface area contributed by atoms with E-state index in [0.29, 0.717) is 57.8 Å². The zero-order chi connectivity index (χ0) is 30.5. The van der Waals surface area contributed by atoms with Gasteiger partial charge in [-0.2, -0.15) is 15.2 Å². The Bertz CT molecular complexity index is 919. The van der Waals surface area contributed by atoms with Crippen LogP contribution in [0.25, 0.3) is 0 Å². The third-order valence-corrected chi connectivity index (χ3v) is 10.6. The highest BCUT2D eigenvalue weighted by Crippen LogP contribution is 2.48. The molecule has 0 bridgehead atoms. The average molecular weight is 570 g/mol. The minimum absolute atomic E-state index is 0.0318. The summed E-state index contributed by atoms with van der Waals surface area (Å²) in [5.74, 6) is -0.0645. The van der Waals surface area contributed by atoms with E-state index in [-0.39, 0.29) is 24.1 Å². The van der Waals surface area contributed by atoms with Crippen LogP contribution in [0.3, 0.4) is 0 Å². The predicted molar refractivity (Wildman–Crippen MR) is 155 cm³/mol. The van der Waals surface area contributed by atoms with Crippen LogP contribution >= 0.6 is 0 Å². The number of hydrogen-bond acceptors (Lipinski definition) is 9. The first-order valence-corrected chi connectivity index (χ1v) is 15.1. The van der Waals surface area contributed by atoms with Crippen LogP contribution in [0.5, 0.6) is 0 Å². The normalized spacial score (nSPS) is 43.0. The van der Waals surface area contributed by atoms with Gasteiger partial charge in [0.15, 0.2) is 0 Å². The molecule has 7 unspecified atom stereocenters. The number of amides is 1. The first-order valence-electron chi connectivity index (χ1n) is 15.1. The number of nitrogens with one attached hydrogen (secondary N) is 1. The molecule has 7 atom stereocenters. The van der Waals surface area contributed by atoms with Gasteiger partial charge in [-0.1, -0.05) is 0 Å². The highest BCUT2D eigenvalue weighted by molar-refractivity contribution is 5.73. The molecule has 3 saturated heterocycles. The lowest BCUT2D eigenvalue weighted by molar-refractivity contribution is -0.284. The van der Waals surface area contributed by atoms with E-state index in [2.05, 4.69) is 26.1 Å². The molecule has 6 N–H and O–H groups in total. The van der Waals surface area contributed by atoms with Crippen LogP contribution in [0.15, 0.2) is 0 Å². The standard InChI is InChI=1S/C30H59N5O5/c1-21(36)32-23-17-25(2,3)33(37)29(8,18-23)13-11-27(6)15-22(31)16-28(7,35(27)39)12-14-30(9)20-24(40-10)19-26(4,5)34(30)38/h22-24,37-39H,11-20,31H2,1-10H3,(H,32,36). The summed E-state index contributed by atoms with van der Waals surface area (Å²) in [5.41, 5.74) is 3.50. The van der Waals surface area contributed by atoms with E-state index < -0.39 is 33.2 Å². The molecule has 0 aromatic carbocycles. The molecule has 40 heavy (non-hydrogen) atoms. The van der Waals surface area contributed by atoms with Crippen molar-refractivity contribution < 1.29 is 25.2 Å². The predicted octanol–water partition coefficient (Wildman–Crippen LogP) is 4.44. The van der Waals surface area contributed by atoms with Crippen molar-refractivity contribution in [3.63, 3.8) is 0 Å². The Balaban J connectivity index is 1.78. The molecule has 3 rings (SSSR count). The Morgan fingerprint density at radius 1 is 0.725 bits per heavy atom. The molecule has 0 saturated carbocycles. The number of nitrogens with zero attached hydrogens (tertiary/aromatic N) is 3. The molecule has 3 aliphatic rings. The van der Waals surface area contributed by atoms with Gasteiger partial charge in [-0.25, -0.2) is 0 Å². The van der Waals surface area contributed by atoms with E-state index in [1.165, 1.54) is 17.1 Å². The van der Waals surface area contributed by atoms with Crippen LogP contribution in [0.4, 0.5) is 0 Å². The largest absolute Gasteiger partial charge is 0.381 e. The van der Waals surface area contributed by atoms with Crippen molar-refractivity contribution in [2.45, 2.75) is 178 Å². The van der Waals surface area contributed by atoms with Crippen molar-refractivity contribution >= 4 is 5.91 Å². The number of methoxy groups -OCH3 is 1. The molecule has 234 valence electrons. The maximum absolute atomic E-state index is 11.8. The van der Waals surface area contributed by atoms with E-state index in [1.54, 1.807) is 12.2 Å². The van der Waals surface area contributed by atoms with Crippen molar-refractivity contribution in [1.29, 1.82) is 0 Å². The van der Waals surface area contributed by atoms with E-state index in [1.807, 2.05) is 34.6 Å². The fourth-order valence-electron chi connectivity index (χ4n) is 8.62. The third kappa shape index (κ3) is 6.70. The van der Waals surface area contributed by atoms with Crippen molar-refractivity contribution in [2.24, 2.45) is 5.73 Å². The molecular formula is C30H59N5O5. The number of ether oxygens (including phenoxy) is 1. The molecular weight excluding hydrogens is 510 g/mol. The van der Waals surface area contributed by atoms with E-state index >= 15 is 0 Å². The van der Waals surface area contributed by atoms with Gasteiger partial charge in [0.1, 0.15) is 0 Å². The van der Waals surface area contributed by atoms with Gasteiger partial charge in [-0.15, -0.1) is 0 Å². The average Bonchev–Trinajstić information content (AvgIpc) is 2.81. The molecule has 10 heteroatoms. The van der Waals surface area contributed by atoms with Gasteiger partial charge >= 0.3 is 0 Å². The fraction of sp³-hybridized carbons (Fsp3) is 0.967. The van der Waals surface area contributed by atoms with E-state index in [4.69, 9.17) is 10.5 Å². The summed E-state index contributed by atoms with van der Waals surface area (Å²) in [6, 6.07) is -0.116. The summed E-state index contributed by atoms with van der Waals surface area (Å²) < 4.78 is 5.74. The van der Waals surface area contributed by atoms with Gasteiger partial charge in [-0.3, -0.25) is 4.79 Å². The maximum atomic E-state index is 11.8. The van der Waals surface area contributed by atoms with Crippen LogP contribution in [-0.2, 0) is 9.53 Å². The Morgan fingerprint density at radius 3 is 1.55 bits per heavy atom. The summed E-state index contributed by atoms with van der Waals surface area (Å²) in [4.78, 5) is 11.8. The number of piperidine rings is 3. The minimum atomic E-state index is -0.595. The SMILES string of the molecule is COC1CC(C)(C)N(O)C(C)(CCC2(C)CC(N)CC(C)(CCC3(C)CC(NC(C)=O)CC(C)(C)N3O)N2O)C1. The smallest absolute Gasteiger partial charge is 0.217 e. The molecule has 3 heterocycles. The quantitative estimate of drug-likeness (QED) is 0.287. The molecule has 0 aromatic heterocycles. The Morgan fingerprint density at radius 2 is 1.12 bits per heavy atom. The summed E-state index contributed by atoms with van der Waals surface area (Å²) in [6.45, 7) is 17.9. The number of rotatable bonds is 8. The van der Waals surface area contributed by atoms with Gasteiger partial charge in [0.05, 0.1) is 6.10 Å². The van der Waals surface area contributed by atoms with Gasteiger partial charge in [0, 0.05) is 59.4 Å². The van der Waals surface area contributed by atoms with Crippen LogP contribution in [0, 0.1) is 0 Å². The first-order chi connectivity index (χ1) is 18.1. The molecule has 3 aliphatic heterocycles. The number of carbonyl (C=O) groups excluding carboxylic acids is 1. The minimum Gasteiger partial charge on any atom is -0.381 e. The lowest BCUT2D eigenvalue weighted by Crippen LogP contribution is -2.67.